The summed E-state index contributed by atoms with van der Waals surface area (Å²) in [5, 5.41) is 5.67. The van der Waals surface area contributed by atoms with Gasteiger partial charge in [-0.1, -0.05) is 19.8 Å². The zero-order chi connectivity index (χ0) is 16.5. The molecule has 3 nitrogen and oxygen atoms in total. The predicted molar refractivity (Wildman–Crippen MR) is 98.2 cm³/mol. The van der Waals surface area contributed by atoms with Gasteiger partial charge in [-0.25, -0.2) is 9.37 Å². The van der Waals surface area contributed by atoms with Gasteiger partial charge in [0, 0.05) is 29.9 Å². The van der Waals surface area contributed by atoms with Crippen LogP contribution in [0.15, 0.2) is 24.4 Å². The van der Waals surface area contributed by atoms with Crippen LogP contribution in [0.2, 0.25) is 0 Å². The maximum atomic E-state index is 13.9. The number of pyridine rings is 1. The molecule has 128 valence electrons. The molecule has 1 unspecified atom stereocenters. The molecule has 0 spiro atoms. The first kappa shape index (κ1) is 15.7. The molecule has 2 heterocycles. The van der Waals surface area contributed by atoms with Gasteiger partial charge < -0.3 is 10.2 Å². The maximum Gasteiger partial charge on any atom is 0.136 e. The van der Waals surface area contributed by atoms with Crippen molar-refractivity contribution in [1.29, 1.82) is 0 Å². The highest BCUT2D eigenvalue weighted by Crippen LogP contribution is 2.34. The minimum absolute atomic E-state index is 0.186. The molecule has 1 N–H and O–H groups in total. The fourth-order valence-electron chi connectivity index (χ4n) is 4.24. The van der Waals surface area contributed by atoms with E-state index in [1.807, 2.05) is 12.3 Å². The molecule has 1 saturated carbocycles. The molecule has 0 amide bonds. The Kier molecular flexibility index (Phi) is 4.30. The van der Waals surface area contributed by atoms with E-state index in [4.69, 9.17) is 4.98 Å². The van der Waals surface area contributed by atoms with Crippen LogP contribution in [0.1, 0.15) is 45.4 Å². The van der Waals surface area contributed by atoms with E-state index in [1.165, 1.54) is 38.5 Å². The van der Waals surface area contributed by atoms with Crippen LogP contribution in [0, 0.1) is 11.7 Å². The van der Waals surface area contributed by atoms with E-state index in [9.17, 15) is 4.39 Å². The molecular weight excluding hydrogens is 301 g/mol. The number of hydrogen-bond donors (Lipinski definition) is 1. The molecular formula is C20H26FN3. The van der Waals surface area contributed by atoms with E-state index in [0.29, 0.717) is 12.0 Å². The number of piperidine rings is 1. The zero-order valence-electron chi connectivity index (χ0n) is 14.4. The van der Waals surface area contributed by atoms with Gasteiger partial charge in [0.2, 0.25) is 0 Å². The van der Waals surface area contributed by atoms with Crippen molar-refractivity contribution in [2.24, 2.45) is 5.92 Å². The van der Waals surface area contributed by atoms with Gasteiger partial charge in [-0.2, -0.15) is 0 Å². The summed E-state index contributed by atoms with van der Waals surface area (Å²) in [5.74, 6) is 1.42. The van der Waals surface area contributed by atoms with Crippen molar-refractivity contribution in [2.75, 3.05) is 23.3 Å². The molecule has 2 aliphatic rings. The van der Waals surface area contributed by atoms with Gasteiger partial charge in [-0.05, 0) is 49.8 Å². The standard InChI is InChI=1S/C20H26FN3/c1-14-5-4-10-24(13-14)20-18-11-15(21)8-9-17(18)19(12-22-20)23-16-6-2-3-7-16/h8-9,11-12,14,16,23H,2-7,10,13H2,1H3. The highest BCUT2D eigenvalue weighted by Gasteiger charge is 2.22. The SMILES string of the molecule is CC1CCCN(c2ncc(NC3CCCC3)c3ccc(F)cc23)C1. The van der Waals surface area contributed by atoms with Crippen LogP contribution in [0.4, 0.5) is 15.9 Å². The van der Waals surface area contributed by atoms with Crippen LogP contribution in [-0.2, 0) is 0 Å². The Balaban J connectivity index is 1.73. The first-order valence-corrected chi connectivity index (χ1v) is 9.30. The van der Waals surface area contributed by atoms with Gasteiger partial charge in [0.25, 0.3) is 0 Å². The summed E-state index contributed by atoms with van der Waals surface area (Å²) < 4.78 is 13.9. The van der Waals surface area contributed by atoms with Crippen molar-refractivity contribution < 1.29 is 4.39 Å². The van der Waals surface area contributed by atoms with E-state index >= 15 is 0 Å². The molecule has 24 heavy (non-hydrogen) atoms. The number of halogens is 1. The number of nitrogens with zero attached hydrogens (tertiary/aromatic N) is 2. The number of hydrogen-bond acceptors (Lipinski definition) is 3. The van der Waals surface area contributed by atoms with E-state index in [2.05, 4.69) is 17.1 Å². The molecule has 1 aliphatic carbocycles. The minimum atomic E-state index is -0.186. The van der Waals surface area contributed by atoms with E-state index in [-0.39, 0.29) is 5.82 Å². The van der Waals surface area contributed by atoms with Gasteiger partial charge in [-0.3, -0.25) is 0 Å². The monoisotopic (exact) mass is 327 g/mol. The number of rotatable bonds is 3. The van der Waals surface area contributed by atoms with Crippen molar-refractivity contribution >= 4 is 22.3 Å². The summed E-state index contributed by atoms with van der Waals surface area (Å²) in [5.41, 5.74) is 1.05. The summed E-state index contributed by atoms with van der Waals surface area (Å²) in [6, 6.07) is 5.64. The molecule has 1 aromatic heterocycles. The van der Waals surface area contributed by atoms with Crippen molar-refractivity contribution in [3.05, 3.63) is 30.2 Å². The molecule has 0 bridgehead atoms. The van der Waals surface area contributed by atoms with Gasteiger partial charge in [0.1, 0.15) is 11.6 Å². The molecule has 4 heteroatoms. The van der Waals surface area contributed by atoms with Crippen LogP contribution < -0.4 is 10.2 Å². The lowest BCUT2D eigenvalue weighted by atomic mass is 9.99. The van der Waals surface area contributed by atoms with Crippen LogP contribution >= 0.6 is 0 Å². The molecule has 1 aliphatic heterocycles. The van der Waals surface area contributed by atoms with Gasteiger partial charge >= 0.3 is 0 Å². The topological polar surface area (TPSA) is 28.2 Å². The maximum absolute atomic E-state index is 13.9. The average molecular weight is 327 g/mol. The second-order valence-corrected chi connectivity index (χ2v) is 7.50. The first-order chi connectivity index (χ1) is 11.7. The highest BCUT2D eigenvalue weighted by atomic mass is 19.1. The number of aromatic nitrogens is 1. The Bertz CT molecular complexity index is 724. The Morgan fingerprint density at radius 3 is 2.75 bits per heavy atom. The molecule has 2 aromatic rings. The first-order valence-electron chi connectivity index (χ1n) is 9.30. The normalized spacial score (nSPS) is 22.2. The lowest BCUT2D eigenvalue weighted by molar-refractivity contribution is 0.445. The van der Waals surface area contributed by atoms with Crippen LogP contribution in [-0.4, -0.2) is 24.1 Å². The summed E-state index contributed by atoms with van der Waals surface area (Å²) in [6.45, 7) is 4.30. The number of fused-ring (bicyclic) bond motifs is 1. The van der Waals surface area contributed by atoms with Crippen molar-refractivity contribution in [3.63, 3.8) is 0 Å². The second-order valence-electron chi connectivity index (χ2n) is 7.50. The quantitative estimate of drug-likeness (QED) is 0.863. The smallest absolute Gasteiger partial charge is 0.136 e. The summed E-state index contributed by atoms with van der Waals surface area (Å²) in [4.78, 5) is 7.07. The molecule has 1 atom stereocenters. The predicted octanol–water partition coefficient (Wildman–Crippen LogP) is 4.96. The fraction of sp³-hybridized carbons (Fsp3) is 0.550. The van der Waals surface area contributed by atoms with Crippen LogP contribution in [0.5, 0.6) is 0 Å². The van der Waals surface area contributed by atoms with Crippen molar-refractivity contribution in [3.8, 4) is 0 Å². The van der Waals surface area contributed by atoms with Crippen LogP contribution in [0.3, 0.4) is 0 Å². The third kappa shape index (κ3) is 3.06. The van der Waals surface area contributed by atoms with E-state index in [1.54, 1.807) is 12.1 Å². The molecule has 1 aromatic carbocycles. The number of benzene rings is 1. The van der Waals surface area contributed by atoms with Gasteiger partial charge in [0.15, 0.2) is 0 Å². The fourth-order valence-corrected chi connectivity index (χ4v) is 4.24. The lowest BCUT2D eigenvalue weighted by Gasteiger charge is -2.33. The Hall–Kier alpha value is -1.84. The Morgan fingerprint density at radius 2 is 1.96 bits per heavy atom. The average Bonchev–Trinajstić information content (AvgIpc) is 3.08. The molecule has 2 fully saturated rings. The van der Waals surface area contributed by atoms with E-state index < -0.39 is 0 Å². The molecule has 4 rings (SSSR count). The van der Waals surface area contributed by atoms with Gasteiger partial charge in [0.05, 0.1) is 11.9 Å². The van der Waals surface area contributed by atoms with Crippen molar-refractivity contribution in [1.82, 2.24) is 4.98 Å². The highest BCUT2D eigenvalue weighted by molar-refractivity contribution is 6.00. The number of nitrogens with one attached hydrogen (secondary N) is 1. The summed E-state index contributed by atoms with van der Waals surface area (Å²) in [6.07, 6.45) is 9.42. The Morgan fingerprint density at radius 1 is 1.12 bits per heavy atom. The third-order valence-corrected chi connectivity index (χ3v) is 5.50. The van der Waals surface area contributed by atoms with Crippen LogP contribution in [0.25, 0.3) is 10.8 Å². The second kappa shape index (κ2) is 6.58. The largest absolute Gasteiger partial charge is 0.381 e. The van der Waals surface area contributed by atoms with Crippen molar-refractivity contribution in [2.45, 2.75) is 51.5 Å². The zero-order valence-corrected chi connectivity index (χ0v) is 14.4. The number of anilines is 2. The minimum Gasteiger partial charge on any atom is -0.381 e. The van der Waals surface area contributed by atoms with E-state index in [0.717, 1.165) is 35.4 Å². The lowest BCUT2D eigenvalue weighted by Crippen LogP contribution is -2.35. The summed E-state index contributed by atoms with van der Waals surface area (Å²) in [7, 11) is 0. The third-order valence-electron chi connectivity index (χ3n) is 5.50. The molecule has 1 saturated heterocycles. The van der Waals surface area contributed by atoms with Gasteiger partial charge in [-0.15, -0.1) is 0 Å². The Labute approximate surface area is 143 Å². The summed E-state index contributed by atoms with van der Waals surface area (Å²) >= 11 is 0. The molecule has 0 radical (unpaired) electrons.